The summed E-state index contributed by atoms with van der Waals surface area (Å²) in [5, 5.41) is 0. The lowest BCUT2D eigenvalue weighted by Gasteiger charge is -2.01. The molecule has 3 nitrogen and oxygen atoms in total. The molecule has 1 aromatic carbocycles. The van der Waals surface area contributed by atoms with Gasteiger partial charge in [-0.05, 0) is 31.2 Å². The molecule has 0 saturated carbocycles. The molecule has 2 N–H and O–H groups in total. The van der Waals surface area contributed by atoms with Gasteiger partial charge in [-0.15, -0.1) is 0 Å². The standard InChI is InChI=1S/C9H11NO2/c1-6-9(11-6)12-8-4-2-7(10)3-5-8/h2-6,9H,10H2,1H3. The minimum Gasteiger partial charge on any atom is -0.462 e. The second-order valence-corrected chi connectivity index (χ2v) is 2.90. The zero-order valence-electron chi connectivity index (χ0n) is 6.86. The van der Waals surface area contributed by atoms with Crippen LogP contribution >= 0.6 is 0 Å². The molecule has 2 atom stereocenters. The third-order valence-corrected chi connectivity index (χ3v) is 1.79. The first-order valence-corrected chi connectivity index (χ1v) is 3.93. The highest BCUT2D eigenvalue weighted by Gasteiger charge is 2.36. The van der Waals surface area contributed by atoms with Crippen molar-refractivity contribution in [3.63, 3.8) is 0 Å². The summed E-state index contributed by atoms with van der Waals surface area (Å²) in [7, 11) is 0. The third kappa shape index (κ3) is 1.51. The molecule has 0 bridgehead atoms. The van der Waals surface area contributed by atoms with Crippen LogP contribution in [0.3, 0.4) is 0 Å². The molecule has 2 unspecified atom stereocenters. The monoisotopic (exact) mass is 165 g/mol. The highest BCUT2D eigenvalue weighted by Crippen LogP contribution is 2.25. The lowest BCUT2D eigenvalue weighted by molar-refractivity contribution is 0.178. The van der Waals surface area contributed by atoms with Crippen LogP contribution in [-0.4, -0.2) is 12.4 Å². The molecular weight excluding hydrogens is 154 g/mol. The Morgan fingerprint density at radius 2 is 1.92 bits per heavy atom. The maximum absolute atomic E-state index is 5.51. The molecule has 0 spiro atoms. The average molecular weight is 165 g/mol. The van der Waals surface area contributed by atoms with Crippen molar-refractivity contribution in [1.29, 1.82) is 0 Å². The molecule has 0 amide bonds. The summed E-state index contributed by atoms with van der Waals surface area (Å²) in [6, 6.07) is 7.29. The van der Waals surface area contributed by atoms with Crippen LogP contribution in [0.5, 0.6) is 5.75 Å². The van der Waals surface area contributed by atoms with Crippen molar-refractivity contribution in [3.05, 3.63) is 24.3 Å². The second kappa shape index (κ2) is 2.68. The van der Waals surface area contributed by atoms with E-state index in [0.29, 0.717) is 0 Å². The number of nitrogen functional groups attached to an aromatic ring is 1. The van der Waals surface area contributed by atoms with E-state index in [1.54, 1.807) is 0 Å². The van der Waals surface area contributed by atoms with E-state index in [-0.39, 0.29) is 12.4 Å². The Morgan fingerprint density at radius 1 is 1.33 bits per heavy atom. The van der Waals surface area contributed by atoms with Crippen LogP contribution in [0.15, 0.2) is 24.3 Å². The highest BCUT2D eigenvalue weighted by atomic mass is 16.8. The molecule has 0 aliphatic carbocycles. The van der Waals surface area contributed by atoms with Crippen molar-refractivity contribution in [2.75, 3.05) is 5.73 Å². The summed E-state index contributed by atoms with van der Waals surface area (Å²) >= 11 is 0. The number of ether oxygens (including phenoxy) is 2. The molecule has 1 aromatic rings. The van der Waals surface area contributed by atoms with Crippen molar-refractivity contribution in [2.45, 2.75) is 19.3 Å². The minimum atomic E-state index is -0.0615. The van der Waals surface area contributed by atoms with Gasteiger partial charge in [-0.1, -0.05) is 0 Å². The SMILES string of the molecule is CC1OC1Oc1ccc(N)cc1. The maximum atomic E-state index is 5.51. The van der Waals surface area contributed by atoms with Gasteiger partial charge in [0.25, 0.3) is 0 Å². The van der Waals surface area contributed by atoms with Gasteiger partial charge >= 0.3 is 0 Å². The lowest BCUT2D eigenvalue weighted by Crippen LogP contribution is -2.00. The van der Waals surface area contributed by atoms with Crippen LogP contribution in [0.4, 0.5) is 5.69 Å². The number of nitrogens with two attached hydrogens (primary N) is 1. The van der Waals surface area contributed by atoms with Crippen molar-refractivity contribution in [3.8, 4) is 5.75 Å². The molecular formula is C9H11NO2. The van der Waals surface area contributed by atoms with Gasteiger partial charge in [0.2, 0.25) is 6.29 Å². The highest BCUT2D eigenvalue weighted by molar-refractivity contribution is 5.41. The van der Waals surface area contributed by atoms with Crippen LogP contribution in [0.25, 0.3) is 0 Å². The minimum absolute atomic E-state index is 0.0615. The van der Waals surface area contributed by atoms with Crippen molar-refractivity contribution in [2.24, 2.45) is 0 Å². The number of epoxide rings is 1. The van der Waals surface area contributed by atoms with Gasteiger partial charge in [-0.3, -0.25) is 0 Å². The van der Waals surface area contributed by atoms with Gasteiger partial charge in [0, 0.05) is 5.69 Å². The Labute approximate surface area is 71.1 Å². The molecule has 1 saturated heterocycles. The molecule has 2 rings (SSSR count). The van der Waals surface area contributed by atoms with E-state index in [0.717, 1.165) is 11.4 Å². The Bertz CT molecular complexity index is 270. The van der Waals surface area contributed by atoms with Crippen LogP contribution in [0.1, 0.15) is 6.92 Å². The van der Waals surface area contributed by atoms with E-state index in [1.807, 2.05) is 31.2 Å². The topological polar surface area (TPSA) is 47.8 Å². The first-order valence-electron chi connectivity index (χ1n) is 3.93. The number of hydrogen-bond donors (Lipinski definition) is 1. The zero-order chi connectivity index (χ0) is 8.55. The van der Waals surface area contributed by atoms with Gasteiger partial charge in [-0.2, -0.15) is 0 Å². The fraction of sp³-hybridized carbons (Fsp3) is 0.333. The summed E-state index contributed by atoms with van der Waals surface area (Å²) < 4.78 is 10.5. The van der Waals surface area contributed by atoms with Gasteiger partial charge < -0.3 is 15.2 Å². The quantitative estimate of drug-likeness (QED) is 0.532. The molecule has 3 heteroatoms. The summed E-state index contributed by atoms with van der Waals surface area (Å²) in [5.41, 5.74) is 6.26. The van der Waals surface area contributed by atoms with Gasteiger partial charge in [0.05, 0.1) is 0 Å². The number of hydrogen-bond acceptors (Lipinski definition) is 3. The van der Waals surface area contributed by atoms with Gasteiger partial charge in [0.15, 0.2) is 0 Å². The fourth-order valence-electron chi connectivity index (χ4n) is 0.970. The Morgan fingerprint density at radius 3 is 2.42 bits per heavy atom. The molecule has 1 aliphatic heterocycles. The summed E-state index contributed by atoms with van der Waals surface area (Å²) in [6.45, 7) is 1.97. The van der Waals surface area contributed by atoms with E-state index < -0.39 is 0 Å². The number of anilines is 1. The van der Waals surface area contributed by atoms with Gasteiger partial charge in [-0.25, -0.2) is 0 Å². The number of rotatable bonds is 2. The lowest BCUT2D eigenvalue weighted by atomic mass is 10.3. The van der Waals surface area contributed by atoms with Gasteiger partial charge in [0.1, 0.15) is 11.9 Å². The molecule has 12 heavy (non-hydrogen) atoms. The molecule has 1 aliphatic rings. The van der Waals surface area contributed by atoms with E-state index in [9.17, 15) is 0 Å². The Kier molecular flexibility index (Phi) is 1.66. The van der Waals surface area contributed by atoms with Crippen molar-refractivity contribution in [1.82, 2.24) is 0 Å². The smallest absolute Gasteiger partial charge is 0.226 e. The van der Waals surface area contributed by atoms with Crippen molar-refractivity contribution >= 4 is 5.69 Å². The Balaban J connectivity index is 2.00. The van der Waals surface area contributed by atoms with E-state index >= 15 is 0 Å². The average Bonchev–Trinajstić information content (AvgIpc) is 2.72. The summed E-state index contributed by atoms with van der Waals surface area (Å²) in [5.74, 6) is 0.804. The summed E-state index contributed by atoms with van der Waals surface area (Å²) in [4.78, 5) is 0. The van der Waals surface area contributed by atoms with E-state index in [4.69, 9.17) is 15.2 Å². The zero-order valence-corrected chi connectivity index (χ0v) is 6.86. The summed E-state index contributed by atoms with van der Waals surface area (Å²) in [6.07, 6.45) is 0.163. The first-order chi connectivity index (χ1) is 5.75. The predicted octanol–water partition coefficient (Wildman–Crippen LogP) is 1.39. The molecule has 1 fully saturated rings. The molecule has 64 valence electrons. The maximum Gasteiger partial charge on any atom is 0.226 e. The fourth-order valence-corrected chi connectivity index (χ4v) is 0.970. The first kappa shape index (κ1) is 7.43. The molecule has 0 aromatic heterocycles. The molecule has 1 heterocycles. The predicted molar refractivity (Wildman–Crippen MR) is 45.8 cm³/mol. The van der Waals surface area contributed by atoms with Crippen LogP contribution in [0.2, 0.25) is 0 Å². The number of benzene rings is 1. The van der Waals surface area contributed by atoms with Crippen LogP contribution in [-0.2, 0) is 4.74 Å². The third-order valence-electron chi connectivity index (χ3n) is 1.79. The van der Waals surface area contributed by atoms with E-state index in [2.05, 4.69) is 0 Å². The van der Waals surface area contributed by atoms with E-state index in [1.165, 1.54) is 0 Å². The Hall–Kier alpha value is -1.22. The normalized spacial score (nSPS) is 26.8. The largest absolute Gasteiger partial charge is 0.462 e. The van der Waals surface area contributed by atoms with Crippen molar-refractivity contribution < 1.29 is 9.47 Å². The van der Waals surface area contributed by atoms with Crippen LogP contribution < -0.4 is 10.5 Å². The second-order valence-electron chi connectivity index (χ2n) is 2.90. The van der Waals surface area contributed by atoms with Crippen LogP contribution in [0, 0.1) is 0 Å². The molecule has 0 radical (unpaired) electrons.